The third-order valence-corrected chi connectivity index (χ3v) is 11.1. The summed E-state index contributed by atoms with van der Waals surface area (Å²) in [5, 5.41) is 6.50. The van der Waals surface area contributed by atoms with Crippen molar-refractivity contribution in [3.63, 3.8) is 0 Å². The van der Waals surface area contributed by atoms with Gasteiger partial charge in [0.05, 0.1) is 11.0 Å². The van der Waals surface area contributed by atoms with Crippen molar-refractivity contribution in [2.75, 3.05) is 0 Å². The maximum Gasteiger partial charge on any atom is 0.164 e. The van der Waals surface area contributed by atoms with Crippen LogP contribution in [0.2, 0.25) is 0 Å². The van der Waals surface area contributed by atoms with Crippen LogP contribution in [0.25, 0.3) is 117 Å². The molecule has 0 aliphatic carbocycles. The van der Waals surface area contributed by atoms with Gasteiger partial charge in [0.25, 0.3) is 0 Å². The zero-order valence-electron chi connectivity index (χ0n) is 30.4. The molecule has 57 heavy (non-hydrogen) atoms. The van der Waals surface area contributed by atoms with Crippen LogP contribution in [0.1, 0.15) is 0 Å². The van der Waals surface area contributed by atoms with E-state index in [2.05, 4.69) is 108 Å². The van der Waals surface area contributed by atoms with Gasteiger partial charge in [-0.3, -0.25) is 0 Å². The Kier molecular flexibility index (Phi) is 6.83. The predicted octanol–water partition coefficient (Wildman–Crippen LogP) is 13.4. The van der Waals surface area contributed by atoms with Crippen LogP contribution in [0.4, 0.5) is 0 Å². The molecule has 8 aromatic carbocycles. The van der Waals surface area contributed by atoms with E-state index < -0.39 is 0 Å². The molecule has 4 aromatic heterocycles. The summed E-state index contributed by atoms with van der Waals surface area (Å²) in [6, 6.07) is 62.6. The number of rotatable bonds is 5. The van der Waals surface area contributed by atoms with Crippen LogP contribution in [0, 0.1) is 0 Å². The highest BCUT2D eigenvalue weighted by Gasteiger charge is 2.23. The summed E-state index contributed by atoms with van der Waals surface area (Å²) in [6.45, 7) is 0. The molecule has 0 atom stereocenters. The van der Waals surface area contributed by atoms with Crippen LogP contribution >= 0.6 is 0 Å². The quantitative estimate of drug-likeness (QED) is 0.176. The van der Waals surface area contributed by atoms with Gasteiger partial charge in [-0.1, -0.05) is 140 Å². The number of hydrogen-bond donors (Lipinski definition) is 0. The topological polar surface area (TPSA) is 69.9 Å². The summed E-state index contributed by atoms with van der Waals surface area (Å²) >= 11 is 0. The van der Waals surface area contributed by atoms with Gasteiger partial charge in [-0.15, -0.1) is 0 Å². The second-order valence-corrected chi connectivity index (χ2v) is 14.3. The van der Waals surface area contributed by atoms with Crippen LogP contribution in [0.15, 0.2) is 191 Å². The smallest absolute Gasteiger partial charge is 0.164 e. The molecule has 0 radical (unpaired) electrons. The van der Waals surface area contributed by atoms with Gasteiger partial charge in [0, 0.05) is 60.3 Å². The van der Waals surface area contributed by atoms with E-state index in [0.29, 0.717) is 17.5 Å². The third kappa shape index (κ3) is 4.87. The number of hydrogen-bond acceptors (Lipinski definition) is 5. The maximum absolute atomic E-state index is 6.77. The molecule has 12 aromatic rings. The van der Waals surface area contributed by atoms with Gasteiger partial charge >= 0.3 is 0 Å². The van der Waals surface area contributed by atoms with Crippen LogP contribution in [0.3, 0.4) is 0 Å². The van der Waals surface area contributed by atoms with Gasteiger partial charge in [-0.25, -0.2) is 15.0 Å². The van der Waals surface area contributed by atoms with Crippen molar-refractivity contribution in [1.29, 1.82) is 0 Å². The predicted molar refractivity (Wildman–Crippen MR) is 230 cm³/mol. The molecule has 0 saturated carbocycles. The minimum Gasteiger partial charge on any atom is -0.456 e. The summed E-state index contributed by atoms with van der Waals surface area (Å²) in [7, 11) is 0. The van der Waals surface area contributed by atoms with E-state index in [9.17, 15) is 0 Å². The van der Waals surface area contributed by atoms with Crippen LogP contribution < -0.4 is 0 Å². The summed E-state index contributed by atoms with van der Waals surface area (Å²) in [6.07, 6.45) is 0. The number of furan rings is 2. The van der Waals surface area contributed by atoms with Gasteiger partial charge in [0.1, 0.15) is 22.3 Å². The van der Waals surface area contributed by atoms with Crippen molar-refractivity contribution in [3.8, 4) is 51.0 Å². The van der Waals surface area contributed by atoms with E-state index in [0.717, 1.165) is 88.4 Å². The maximum atomic E-state index is 6.77. The Morgan fingerprint density at radius 2 is 0.895 bits per heavy atom. The molecule has 0 saturated heterocycles. The van der Waals surface area contributed by atoms with Gasteiger partial charge in [0.15, 0.2) is 17.5 Å². The first-order valence-electron chi connectivity index (χ1n) is 19.0. The molecule has 6 nitrogen and oxygen atoms in total. The highest BCUT2D eigenvalue weighted by molar-refractivity contribution is 6.14. The lowest BCUT2D eigenvalue weighted by molar-refractivity contribution is 0.669. The van der Waals surface area contributed by atoms with Crippen molar-refractivity contribution in [1.82, 2.24) is 19.5 Å². The van der Waals surface area contributed by atoms with Crippen LogP contribution in [0.5, 0.6) is 0 Å². The Labute approximate surface area is 325 Å². The zero-order chi connectivity index (χ0) is 37.5. The van der Waals surface area contributed by atoms with E-state index in [-0.39, 0.29) is 0 Å². The van der Waals surface area contributed by atoms with E-state index in [4.69, 9.17) is 23.8 Å². The average molecular weight is 731 g/mol. The molecule has 0 aliphatic rings. The minimum atomic E-state index is 0.561. The molecule has 0 amide bonds. The fourth-order valence-corrected chi connectivity index (χ4v) is 8.55. The largest absolute Gasteiger partial charge is 0.456 e. The van der Waals surface area contributed by atoms with Crippen molar-refractivity contribution in [2.24, 2.45) is 0 Å². The Balaban J connectivity index is 1.15. The summed E-state index contributed by atoms with van der Waals surface area (Å²) in [5.74, 6) is 1.72. The Morgan fingerprint density at radius 3 is 1.65 bits per heavy atom. The standard InChI is InChI=1S/C51H30N4O2/c1-2-15-31(16-3-1)49-52-50(54-51(53-49)39-23-14-28-46-47(39)38-22-9-13-27-45(38)56-46)37-21-5-4-17-33(37)40-29-32(30-41-36-20-8-12-26-44(36)57-48(40)41)55-42-24-10-6-18-34(42)35-19-7-11-25-43(35)55/h1-30H. The molecule has 0 N–H and O–H groups in total. The van der Waals surface area contributed by atoms with E-state index >= 15 is 0 Å². The van der Waals surface area contributed by atoms with Gasteiger partial charge < -0.3 is 13.4 Å². The molecule has 6 heteroatoms. The summed E-state index contributed by atoms with van der Waals surface area (Å²) in [4.78, 5) is 15.6. The Hall–Kier alpha value is -7.83. The first kappa shape index (κ1) is 31.5. The summed E-state index contributed by atoms with van der Waals surface area (Å²) < 4.78 is 15.4. The highest BCUT2D eigenvalue weighted by Crippen LogP contribution is 2.43. The lowest BCUT2D eigenvalue weighted by Gasteiger charge is -2.15. The minimum absolute atomic E-state index is 0.561. The third-order valence-electron chi connectivity index (χ3n) is 11.1. The van der Waals surface area contributed by atoms with Crippen LogP contribution in [-0.4, -0.2) is 19.5 Å². The summed E-state index contributed by atoms with van der Waals surface area (Å²) in [5.41, 5.74) is 11.1. The zero-order valence-corrected chi connectivity index (χ0v) is 30.4. The Morgan fingerprint density at radius 1 is 0.351 bits per heavy atom. The van der Waals surface area contributed by atoms with Gasteiger partial charge in [0.2, 0.25) is 0 Å². The number of fused-ring (bicyclic) bond motifs is 9. The van der Waals surface area contributed by atoms with Crippen LogP contribution in [-0.2, 0) is 0 Å². The van der Waals surface area contributed by atoms with Crippen molar-refractivity contribution >= 4 is 65.7 Å². The first-order valence-corrected chi connectivity index (χ1v) is 19.0. The number of nitrogens with zero attached hydrogens (tertiary/aromatic N) is 4. The number of benzene rings is 8. The lowest BCUT2D eigenvalue weighted by Crippen LogP contribution is -2.01. The molecule has 4 heterocycles. The fourth-order valence-electron chi connectivity index (χ4n) is 8.55. The number of aromatic nitrogens is 4. The first-order chi connectivity index (χ1) is 28.3. The van der Waals surface area contributed by atoms with Gasteiger partial charge in [-0.05, 0) is 48.0 Å². The lowest BCUT2D eigenvalue weighted by atomic mass is 9.96. The molecule has 266 valence electrons. The number of para-hydroxylation sites is 4. The molecule has 0 unspecified atom stereocenters. The van der Waals surface area contributed by atoms with Crippen molar-refractivity contribution < 1.29 is 8.83 Å². The molecule has 0 fully saturated rings. The molecule has 0 spiro atoms. The molecule has 0 bridgehead atoms. The second-order valence-electron chi connectivity index (χ2n) is 14.3. The molecule has 12 rings (SSSR count). The van der Waals surface area contributed by atoms with E-state index in [1.165, 1.54) is 10.8 Å². The van der Waals surface area contributed by atoms with Gasteiger partial charge in [-0.2, -0.15) is 0 Å². The fraction of sp³-hybridized carbons (Fsp3) is 0. The molecule has 0 aliphatic heterocycles. The molecular weight excluding hydrogens is 701 g/mol. The Bertz CT molecular complexity index is 3490. The SMILES string of the molecule is c1ccc(-c2nc(-c3ccccc3-c3cc(-n4c5ccccc5c5ccccc54)cc4c3oc3ccccc34)nc(-c3cccc4oc5ccccc5c34)n2)cc1. The van der Waals surface area contributed by atoms with Crippen molar-refractivity contribution in [3.05, 3.63) is 182 Å². The van der Waals surface area contributed by atoms with E-state index in [1.807, 2.05) is 78.9 Å². The monoisotopic (exact) mass is 730 g/mol. The van der Waals surface area contributed by atoms with Crippen molar-refractivity contribution in [2.45, 2.75) is 0 Å². The second kappa shape index (κ2) is 12.3. The van der Waals surface area contributed by atoms with E-state index in [1.54, 1.807) is 0 Å². The molecular formula is C51H30N4O2. The normalized spacial score (nSPS) is 11.9. The average Bonchev–Trinajstić information content (AvgIpc) is 3.96. The highest BCUT2D eigenvalue weighted by atomic mass is 16.3.